The van der Waals surface area contributed by atoms with Gasteiger partial charge in [-0.1, -0.05) is 0 Å². The van der Waals surface area contributed by atoms with E-state index in [-0.39, 0.29) is 0 Å². The van der Waals surface area contributed by atoms with Crippen molar-refractivity contribution < 1.29 is 0 Å². The predicted octanol–water partition coefficient (Wildman–Crippen LogP) is 9.42. The summed E-state index contributed by atoms with van der Waals surface area (Å²) >= 11 is 6.56. The van der Waals surface area contributed by atoms with Gasteiger partial charge in [0.05, 0.1) is 0 Å². The fourth-order valence-corrected chi connectivity index (χ4v) is 25.0. The third-order valence-electron chi connectivity index (χ3n) is 6.52. The molecule has 1 aliphatic rings. The van der Waals surface area contributed by atoms with E-state index in [2.05, 4.69) is 20.8 Å². The first kappa shape index (κ1) is 26.3. The molecule has 1 heterocycles. The Kier molecular flexibility index (Phi) is 14.8. The second kappa shape index (κ2) is 15.2. The minimum absolute atomic E-state index is 0.923. The molecule has 1 rings (SSSR count). The normalized spacial score (nSPS) is 21.6. The van der Waals surface area contributed by atoms with Crippen LogP contribution < -0.4 is 0 Å². The van der Waals surface area contributed by atoms with Crippen LogP contribution in [0.5, 0.6) is 0 Å². The van der Waals surface area contributed by atoms with Crippen molar-refractivity contribution in [3.63, 3.8) is 0 Å². The summed E-state index contributed by atoms with van der Waals surface area (Å²) in [5.41, 5.74) is 0. The van der Waals surface area contributed by atoms with Gasteiger partial charge in [0.2, 0.25) is 0 Å². The Labute approximate surface area is 184 Å². The van der Waals surface area contributed by atoms with Crippen molar-refractivity contribution in [2.24, 2.45) is 0 Å². The molecule has 0 amide bonds. The fourth-order valence-electron chi connectivity index (χ4n) is 4.50. The van der Waals surface area contributed by atoms with Gasteiger partial charge in [-0.2, -0.15) is 0 Å². The molecule has 1 unspecified atom stereocenters. The Morgan fingerprint density at radius 3 is 1.37 bits per heavy atom. The van der Waals surface area contributed by atoms with Gasteiger partial charge in [-0.25, -0.2) is 0 Å². The van der Waals surface area contributed by atoms with Crippen LogP contribution in [-0.2, 0) is 0 Å². The number of unbranched alkanes of at least 4 members (excludes halogenated alkanes) is 14. The Hall–Kier alpha value is 1.30. The van der Waals surface area contributed by atoms with Crippen molar-refractivity contribution in [2.75, 3.05) is 12.3 Å². The monoisotopic (exact) mass is 482 g/mol. The van der Waals surface area contributed by atoms with Crippen LogP contribution in [0.15, 0.2) is 0 Å². The standard InChI is InChI=1S/C24H51PSSe/c1-4-7-10-13-16-19-22-25(26,23-20-17-14-11-8-5-2)24(27-25)21-18-15-12-9-6-3/h24,26H,4-23H2,1-3H3. The van der Waals surface area contributed by atoms with Gasteiger partial charge in [0.1, 0.15) is 0 Å². The Morgan fingerprint density at radius 1 is 0.556 bits per heavy atom. The molecule has 1 aliphatic heterocycles. The van der Waals surface area contributed by atoms with Crippen LogP contribution in [0.25, 0.3) is 0 Å². The molecule has 0 aromatic rings. The Morgan fingerprint density at radius 2 is 0.926 bits per heavy atom. The molecule has 0 aliphatic carbocycles. The zero-order valence-electron chi connectivity index (χ0n) is 19.0. The predicted molar refractivity (Wildman–Crippen MR) is 135 cm³/mol. The van der Waals surface area contributed by atoms with E-state index < -0.39 is 4.49 Å². The molecule has 1 saturated heterocycles. The molecule has 164 valence electrons. The van der Waals surface area contributed by atoms with Crippen molar-refractivity contribution in [2.45, 2.75) is 141 Å². The van der Waals surface area contributed by atoms with Crippen molar-refractivity contribution in [1.29, 1.82) is 0 Å². The summed E-state index contributed by atoms with van der Waals surface area (Å²) in [5, 5.41) is 0. The molecule has 0 spiro atoms. The average Bonchev–Trinajstić information content (AvgIpc) is 3.26. The summed E-state index contributed by atoms with van der Waals surface area (Å²) in [6.45, 7) is 6.97. The summed E-state index contributed by atoms with van der Waals surface area (Å²) in [6.07, 6.45) is 29.3. The molecule has 27 heavy (non-hydrogen) atoms. The Balaban J connectivity index is 2.34. The van der Waals surface area contributed by atoms with Gasteiger partial charge in [0, 0.05) is 0 Å². The summed E-state index contributed by atoms with van der Waals surface area (Å²) in [6, 6.07) is 0. The van der Waals surface area contributed by atoms with Crippen molar-refractivity contribution >= 4 is 31.3 Å². The fraction of sp³-hybridized carbons (Fsp3) is 1.00. The molecule has 1 atom stereocenters. The van der Waals surface area contributed by atoms with Gasteiger partial charge in [-0.05, 0) is 0 Å². The van der Waals surface area contributed by atoms with Gasteiger partial charge < -0.3 is 0 Å². The minimum atomic E-state index is -1.51. The van der Waals surface area contributed by atoms with Crippen LogP contribution in [0.3, 0.4) is 0 Å². The van der Waals surface area contributed by atoms with Crippen LogP contribution >= 0.6 is 16.7 Å². The third kappa shape index (κ3) is 10.8. The summed E-state index contributed by atoms with van der Waals surface area (Å²) in [5.74, 6) is 0. The van der Waals surface area contributed by atoms with Gasteiger partial charge in [0.15, 0.2) is 0 Å². The van der Waals surface area contributed by atoms with E-state index in [0.29, 0.717) is 0 Å². The van der Waals surface area contributed by atoms with E-state index in [1.54, 1.807) is 12.3 Å². The second-order valence-electron chi connectivity index (χ2n) is 9.18. The molecular formula is C24H51PSSe. The molecule has 0 aromatic heterocycles. The van der Waals surface area contributed by atoms with Gasteiger partial charge in [-0.15, -0.1) is 0 Å². The van der Waals surface area contributed by atoms with E-state index >= 15 is 0 Å². The first-order valence-electron chi connectivity index (χ1n) is 12.5. The van der Waals surface area contributed by atoms with Crippen LogP contribution in [0, 0.1) is 0 Å². The Bertz CT molecular complexity index is 344. The van der Waals surface area contributed by atoms with Gasteiger partial charge >= 0.3 is 184 Å². The van der Waals surface area contributed by atoms with Crippen LogP contribution in [-0.4, -0.2) is 31.4 Å². The van der Waals surface area contributed by atoms with E-state index in [0.717, 1.165) is 19.1 Å². The second-order valence-corrected chi connectivity index (χ2v) is 27.6. The van der Waals surface area contributed by atoms with Crippen molar-refractivity contribution in [3.8, 4) is 0 Å². The van der Waals surface area contributed by atoms with Crippen molar-refractivity contribution in [1.82, 2.24) is 0 Å². The molecule has 3 heteroatoms. The average molecular weight is 482 g/mol. The first-order valence-corrected chi connectivity index (χ1v) is 19.6. The zero-order valence-corrected chi connectivity index (χ0v) is 22.5. The van der Waals surface area contributed by atoms with E-state index in [9.17, 15) is 0 Å². The summed E-state index contributed by atoms with van der Waals surface area (Å²) in [7, 11) is 0. The molecule has 0 nitrogen and oxygen atoms in total. The molecule has 0 bridgehead atoms. The molecule has 1 fully saturated rings. The number of hydrogen-bond acceptors (Lipinski definition) is 1. The zero-order chi connectivity index (χ0) is 19.9. The topological polar surface area (TPSA) is 0 Å². The van der Waals surface area contributed by atoms with Gasteiger partial charge in [0.25, 0.3) is 0 Å². The van der Waals surface area contributed by atoms with E-state index in [4.69, 9.17) is 12.2 Å². The molecule has 0 N–H and O–H groups in total. The maximum absolute atomic E-state index is 5.64. The first-order chi connectivity index (χ1) is 13.1. The third-order valence-corrected chi connectivity index (χ3v) is 26.9. The van der Waals surface area contributed by atoms with E-state index in [1.807, 2.05) is 0 Å². The van der Waals surface area contributed by atoms with Crippen LogP contribution in [0.2, 0.25) is 0 Å². The summed E-state index contributed by atoms with van der Waals surface area (Å²) in [4.78, 5) is 0. The van der Waals surface area contributed by atoms with Crippen molar-refractivity contribution in [3.05, 3.63) is 0 Å². The van der Waals surface area contributed by atoms with Gasteiger partial charge in [-0.3, -0.25) is 0 Å². The molecule has 0 saturated carbocycles. The number of hydrogen-bond donors (Lipinski definition) is 1. The van der Waals surface area contributed by atoms with E-state index in [1.165, 1.54) is 116 Å². The number of thiol groups is 1. The molecular weight excluding hydrogens is 430 g/mol. The quantitative estimate of drug-likeness (QED) is 0.0761. The summed E-state index contributed by atoms with van der Waals surface area (Å²) < 4.78 is -0.403. The van der Waals surface area contributed by atoms with Crippen LogP contribution in [0.4, 0.5) is 0 Å². The molecule has 0 aromatic carbocycles. The molecule has 0 radical (unpaired) electrons. The number of rotatable bonds is 20. The van der Waals surface area contributed by atoms with Crippen LogP contribution in [0.1, 0.15) is 136 Å². The maximum atomic E-state index is 5.64. The SMILES string of the molecule is CCCCCCCCP1(S)(CCCCCCCC)[Se]C1CCCCCCC.